The highest BCUT2D eigenvalue weighted by Gasteiger charge is 2.20. The maximum atomic E-state index is 12.6. The Bertz CT molecular complexity index is 1550. The third kappa shape index (κ3) is 4.44. The van der Waals surface area contributed by atoms with Crippen molar-refractivity contribution in [2.45, 2.75) is 20.0 Å². The van der Waals surface area contributed by atoms with Crippen molar-refractivity contribution >= 4 is 28.7 Å². The number of hydrogen-bond donors (Lipinski definition) is 3. The third-order valence-corrected chi connectivity index (χ3v) is 6.04. The lowest BCUT2D eigenvalue weighted by Crippen LogP contribution is -2.16. The Morgan fingerprint density at radius 1 is 1.00 bits per heavy atom. The minimum absolute atomic E-state index is 0.240. The number of amides is 1. The van der Waals surface area contributed by atoms with Crippen LogP contribution < -0.4 is 5.32 Å². The number of carbonyl (C=O) groups excluding carboxylic acids is 1. The van der Waals surface area contributed by atoms with Crippen LogP contribution in [0.3, 0.4) is 0 Å². The molecule has 5 rings (SSSR count). The normalized spacial score (nSPS) is 11.8. The van der Waals surface area contributed by atoms with E-state index in [2.05, 4.69) is 15.5 Å². The van der Waals surface area contributed by atoms with Crippen molar-refractivity contribution in [1.82, 2.24) is 10.1 Å². The number of nitrogens with one attached hydrogen (secondary N) is 2. The van der Waals surface area contributed by atoms with E-state index in [4.69, 9.17) is 9.26 Å². The quantitative estimate of drug-likeness (QED) is 0.245. The summed E-state index contributed by atoms with van der Waals surface area (Å²) in [6, 6.07) is 22.7. The summed E-state index contributed by atoms with van der Waals surface area (Å²) in [5, 5.41) is 16.7. The summed E-state index contributed by atoms with van der Waals surface area (Å²) in [7, 11) is 0. The van der Waals surface area contributed by atoms with E-state index in [0.717, 1.165) is 27.8 Å². The highest BCUT2D eigenvalue weighted by molar-refractivity contribution is 6.04. The molecule has 1 atom stereocenters. The summed E-state index contributed by atoms with van der Waals surface area (Å²) < 4.78 is 11.0. The van der Waals surface area contributed by atoms with E-state index in [0.29, 0.717) is 22.5 Å². The van der Waals surface area contributed by atoms with Gasteiger partial charge in [0.15, 0.2) is 5.76 Å². The molecule has 1 amide bonds. The molecule has 2 heterocycles. The van der Waals surface area contributed by atoms with Gasteiger partial charge in [-0.1, -0.05) is 71.9 Å². The molecule has 0 aliphatic heterocycles. The van der Waals surface area contributed by atoms with Gasteiger partial charge in [0.1, 0.15) is 17.5 Å². The maximum absolute atomic E-state index is 12.6. The van der Waals surface area contributed by atoms with Crippen molar-refractivity contribution < 1.29 is 24.0 Å². The summed E-state index contributed by atoms with van der Waals surface area (Å²) in [4.78, 5) is 26.9. The number of aromatic carboxylic acids is 1. The predicted octanol–water partition coefficient (Wildman–Crippen LogP) is 6.81. The van der Waals surface area contributed by atoms with Crippen LogP contribution in [0.2, 0.25) is 0 Å². The number of rotatable bonds is 6. The summed E-state index contributed by atoms with van der Waals surface area (Å²) >= 11 is 0. The molecule has 0 bridgehead atoms. The van der Waals surface area contributed by atoms with Crippen LogP contribution in [0.4, 0.5) is 10.5 Å². The first-order valence-corrected chi connectivity index (χ1v) is 11.3. The van der Waals surface area contributed by atoms with E-state index in [1.165, 1.54) is 6.20 Å². The molecule has 0 fully saturated rings. The minimum atomic E-state index is -0.969. The number of aromatic amines is 1. The molecule has 2 aromatic heterocycles. The van der Waals surface area contributed by atoms with Crippen molar-refractivity contribution in [2.24, 2.45) is 0 Å². The standard InChI is InChI=1S/C28H23N3O5/c1-16-25(30-28(34)35-17(2)18-6-4-3-5-7-18)26(36-31-16)20-10-8-19(9-11-20)21-12-13-22-23(27(32)33)15-29-24(22)14-21/h3-15,17,29H,1-2H3,(H,30,34)(H,32,33). The number of fused-ring (bicyclic) bond motifs is 1. The molecule has 8 nitrogen and oxygen atoms in total. The number of carboxylic acid groups (broad SMARTS) is 1. The molecule has 0 saturated carbocycles. The zero-order chi connectivity index (χ0) is 25.2. The average Bonchev–Trinajstić information content (AvgIpc) is 3.48. The second-order valence-corrected chi connectivity index (χ2v) is 8.40. The Morgan fingerprint density at radius 2 is 1.69 bits per heavy atom. The molecule has 5 aromatic rings. The molecule has 0 spiro atoms. The van der Waals surface area contributed by atoms with Gasteiger partial charge >= 0.3 is 12.1 Å². The lowest BCUT2D eigenvalue weighted by molar-refractivity contribution is 0.0699. The summed E-state index contributed by atoms with van der Waals surface area (Å²) in [6.07, 6.45) is 0.472. The maximum Gasteiger partial charge on any atom is 0.412 e. The zero-order valence-corrected chi connectivity index (χ0v) is 19.6. The molecule has 180 valence electrons. The van der Waals surface area contributed by atoms with Gasteiger partial charge in [0, 0.05) is 22.7 Å². The predicted molar refractivity (Wildman–Crippen MR) is 136 cm³/mol. The van der Waals surface area contributed by atoms with Crippen LogP contribution in [-0.2, 0) is 4.74 Å². The van der Waals surface area contributed by atoms with Gasteiger partial charge < -0.3 is 19.4 Å². The molecule has 0 aliphatic rings. The van der Waals surface area contributed by atoms with E-state index in [1.807, 2.05) is 73.7 Å². The van der Waals surface area contributed by atoms with Gasteiger partial charge in [-0.15, -0.1) is 0 Å². The first-order chi connectivity index (χ1) is 17.4. The smallest absolute Gasteiger partial charge is 0.412 e. The van der Waals surface area contributed by atoms with Gasteiger partial charge in [0.25, 0.3) is 0 Å². The third-order valence-electron chi connectivity index (χ3n) is 6.04. The number of hydrogen-bond acceptors (Lipinski definition) is 5. The second kappa shape index (κ2) is 9.42. The van der Waals surface area contributed by atoms with Crippen molar-refractivity contribution in [3.8, 4) is 22.5 Å². The van der Waals surface area contributed by atoms with Gasteiger partial charge in [-0.2, -0.15) is 0 Å². The van der Waals surface area contributed by atoms with Crippen LogP contribution in [-0.4, -0.2) is 27.3 Å². The molecule has 8 heteroatoms. The van der Waals surface area contributed by atoms with Crippen molar-refractivity contribution in [2.75, 3.05) is 5.32 Å². The average molecular weight is 482 g/mol. The molecule has 0 saturated heterocycles. The van der Waals surface area contributed by atoms with Crippen LogP contribution in [0.1, 0.15) is 34.6 Å². The van der Waals surface area contributed by atoms with E-state index >= 15 is 0 Å². The summed E-state index contributed by atoms with van der Waals surface area (Å²) in [6.45, 7) is 3.55. The number of aryl methyl sites for hydroxylation is 1. The first kappa shape index (κ1) is 22.9. The lowest BCUT2D eigenvalue weighted by Gasteiger charge is -2.14. The summed E-state index contributed by atoms with van der Waals surface area (Å²) in [5.74, 6) is -0.544. The number of ether oxygens (including phenoxy) is 1. The van der Waals surface area contributed by atoms with E-state index in [-0.39, 0.29) is 5.56 Å². The number of anilines is 1. The number of H-pyrrole nitrogens is 1. The largest absolute Gasteiger partial charge is 0.478 e. The Balaban J connectivity index is 1.35. The monoisotopic (exact) mass is 481 g/mol. The van der Waals surface area contributed by atoms with Crippen LogP contribution in [0.25, 0.3) is 33.4 Å². The Labute approximate surface area is 206 Å². The lowest BCUT2D eigenvalue weighted by atomic mass is 10.0. The highest BCUT2D eigenvalue weighted by atomic mass is 16.6. The van der Waals surface area contributed by atoms with Crippen molar-refractivity contribution in [3.05, 3.63) is 95.8 Å². The van der Waals surface area contributed by atoms with Gasteiger partial charge in [-0.3, -0.25) is 5.32 Å². The minimum Gasteiger partial charge on any atom is -0.478 e. The van der Waals surface area contributed by atoms with Gasteiger partial charge in [-0.25, -0.2) is 9.59 Å². The van der Waals surface area contributed by atoms with E-state index in [1.54, 1.807) is 13.0 Å². The summed E-state index contributed by atoms with van der Waals surface area (Å²) in [5.41, 5.74) is 5.46. The van der Waals surface area contributed by atoms with E-state index < -0.39 is 18.2 Å². The highest BCUT2D eigenvalue weighted by Crippen LogP contribution is 2.33. The number of aromatic nitrogens is 2. The number of carbonyl (C=O) groups is 2. The molecule has 0 radical (unpaired) electrons. The number of nitrogens with zero attached hydrogens (tertiary/aromatic N) is 1. The molecular formula is C28H23N3O5. The van der Waals surface area contributed by atoms with Crippen LogP contribution in [0.15, 0.2) is 83.5 Å². The van der Waals surface area contributed by atoms with Crippen LogP contribution in [0.5, 0.6) is 0 Å². The van der Waals surface area contributed by atoms with Crippen LogP contribution >= 0.6 is 0 Å². The van der Waals surface area contributed by atoms with Gasteiger partial charge in [0.2, 0.25) is 0 Å². The zero-order valence-electron chi connectivity index (χ0n) is 19.6. The number of carboxylic acids is 1. The molecule has 3 aromatic carbocycles. The Kier molecular flexibility index (Phi) is 6.00. The topological polar surface area (TPSA) is 117 Å². The molecule has 0 aliphatic carbocycles. The number of benzene rings is 3. The molecule has 3 N–H and O–H groups in total. The second-order valence-electron chi connectivity index (χ2n) is 8.40. The SMILES string of the molecule is Cc1noc(-c2ccc(-c3ccc4c(C(=O)O)c[nH]c4c3)cc2)c1NC(=O)OC(C)c1ccccc1. The fraction of sp³-hybridized carbons (Fsp3) is 0.107. The van der Waals surface area contributed by atoms with Crippen LogP contribution in [0, 0.1) is 6.92 Å². The van der Waals surface area contributed by atoms with Gasteiger partial charge in [0.05, 0.1) is 5.56 Å². The van der Waals surface area contributed by atoms with Gasteiger partial charge in [-0.05, 0) is 36.6 Å². The molecular weight excluding hydrogens is 458 g/mol. The first-order valence-electron chi connectivity index (χ1n) is 11.3. The molecule has 1 unspecified atom stereocenters. The fourth-order valence-electron chi connectivity index (χ4n) is 4.09. The Hall–Kier alpha value is -4.85. The Morgan fingerprint density at radius 3 is 2.42 bits per heavy atom. The fourth-order valence-corrected chi connectivity index (χ4v) is 4.09. The molecule has 36 heavy (non-hydrogen) atoms. The van der Waals surface area contributed by atoms with E-state index in [9.17, 15) is 14.7 Å². The van der Waals surface area contributed by atoms with Crippen molar-refractivity contribution in [1.29, 1.82) is 0 Å². The van der Waals surface area contributed by atoms with Crippen molar-refractivity contribution in [3.63, 3.8) is 0 Å².